The molecule has 0 saturated carbocycles. The summed E-state index contributed by atoms with van der Waals surface area (Å²) in [6.07, 6.45) is 14.0. The van der Waals surface area contributed by atoms with Crippen LogP contribution in [0.5, 0.6) is 0 Å². The van der Waals surface area contributed by atoms with E-state index in [1.165, 1.54) is 0 Å². The fraction of sp³-hybridized carbons (Fsp3) is 0.450. The number of halogens is 1. The Morgan fingerprint density at radius 3 is 2.96 bits per heavy atom. The Balaban J connectivity index is 1.90. The molecule has 2 heterocycles. The molecule has 0 aliphatic heterocycles. The Morgan fingerprint density at radius 2 is 2.32 bits per heavy atom. The monoisotopic (exact) mass is 402 g/mol. The molecule has 7 nitrogen and oxygen atoms in total. The van der Waals surface area contributed by atoms with Gasteiger partial charge in [-0.1, -0.05) is 18.2 Å². The van der Waals surface area contributed by atoms with Gasteiger partial charge in [-0.2, -0.15) is 10.2 Å². The summed E-state index contributed by atoms with van der Waals surface area (Å²) in [7, 11) is 1.67. The molecule has 2 atom stereocenters. The van der Waals surface area contributed by atoms with Gasteiger partial charge in [0.1, 0.15) is 17.0 Å². The van der Waals surface area contributed by atoms with Crippen molar-refractivity contribution in [2.24, 2.45) is 0 Å². The molecule has 0 fully saturated rings. The van der Waals surface area contributed by atoms with Crippen molar-refractivity contribution in [2.45, 2.75) is 31.1 Å². The molecular weight excluding hydrogens is 376 g/mol. The molecule has 28 heavy (non-hydrogen) atoms. The van der Waals surface area contributed by atoms with E-state index in [4.69, 9.17) is 21.7 Å². The van der Waals surface area contributed by atoms with Crippen molar-refractivity contribution in [1.29, 1.82) is 5.41 Å². The number of hydrogen-bond donors (Lipinski definition) is 2. The minimum absolute atomic E-state index is 0.154. The van der Waals surface area contributed by atoms with E-state index < -0.39 is 5.38 Å². The van der Waals surface area contributed by atoms with E-state index in [1.54, 1.807) is 18.0 Å². The lowest BCUT2D eigenvalue weighted by molar-refractivity contribution is 0.176. The first-order chi connectivity index (χ1) is 13.7. The molecule has 2 aromatic heterocycles. The maximum absolute atomic E-state index is 8.72. The summed E-state index contributed by atoms with van der Waals surface area (Å²) >= 11 is 6.91. The zero-order valence-electron chi connectivity index (χ0n) is 16.3. The average molecular weight is 403 g/mol. The Kier molecular flexibility index (Phi) is 7.06. The van der Waals surface area contributed by atoms with Crippen molar-refractivity contribution >= 4 is 17.4 Å². The van der Waals surface area contributed by atoms with Crippen LogP contribution < -0.4 is 0 Å². The van der Waals surface area contributed by atoms with Crippen LogP contribution in [0.1, 0.15) is 31.2 Å². The van der Waals surface area contributed by atoms with Crippen molar-refractivity contribution in [1.82, 2.24) is 24.9 Å². The summed E-state index contributed by atoms with van der Waals surface area (Å²) in [6, 6.07) is 1.86. The number of methoxy groups -OCH3 is 1. The van der Waals surface area contributed by atoms with Crippen molar-refractivity contribution < 1.29 is 4.74 Å². The van der Waals surface area contributed by atoms with Crippen LogP contribution in [-0.4, -0.2) is 62.9 Å². The van der Waals surface area contributed by atoms with E-state index in [0.717, 1.165) is 29.8 Å². The normalized spacial score (nSPS) is 15.9. The Bertz CT molecular complexity index is 826. The Hall–Kier alpha value is -2.38. The smallest absolute Gasteiger partial charge is 0.149 e. The fourth-order valence-corrected chi connectivity index (χ4v) is 3.81. The molecule has 0 radical (unpaired) electrons. The van der Waals surface area contributed by atoms with Gasteiger partial charge in [-0.3, -0.25) is 10.5 Å². The van der Waals surface area contributed by atoms with Crippen LogP contribution in [0, 0.1) is 5.41 Å². The van der Waals surface area contributed by atoms with Crippen LogP contribution in [0.25, 0.3) is 5.82 Å². The lowest BCUT2D eigenvalue weighted by Crippen LogP contribution is -2.41. The molecule has 150 valence electrons. The van der Waals surface area contributed by atoms with Crippen LogP contribution in [0.2, 0.25) is 0 Å². The zero-order valence-corrected chi connectivity index (χ0v) is 17.1. The quantitative estimate of drug-likeness (QED) is 0.382. The van der Waals surface area contributed by atoms with Gasteiger partial charge < -0.3 is 9.64 Å². The number of aromatic nitrogens is 4. The molecule has 3 rings (SSSR count). The molecule has 2 aromatic rings. The minimum atomic E-state index is -0.509. The summed E-state index contributed by atoms with van der Waals surface area (Å²) in [5.74, 6) is 1.04. The number of nitrogens with one attached hydrogen (secondary N) is 2. The Morgan fingerprint density at radius 1 is 1.46 bits per heavy atom. The number of hydrogen-bond acceptors (Lipinski definition) is 4. The van der Waals surface area contributed by atoms with Gasteiger partial charge in [0.25, 0.3) is 0 Å². The standard InChI is InChI=1S/C20H27ClN6O/c1-3-26(11-12-28-2)20(22)19(21)18(15-7-5-4-6-8-15)16-13-24-27(14-16)17-9-10-23-25-17/h5,7-10,13-14,18-19,22H,3-4,6,11-12H2,1-2H3,(H,23,25). The number of rotatable bonds is 9. The van der Waals surface area contributed by atoms with Gasteiger partial charge in [0.15, 0.2) is 0 Å². The zero-order chi connectivity index (χ0) is 19.9. The van der Waals surface area contributed by atoms with Crippen LogP contribution in [0.4, 0.5) is 0 Å². The second-order valence-corrected chi connectivity index (χ2v) is 7.15. The van der Waals surface area contributed by atoms with E-state index in [0.29, 0.717) is 25.5 Å². The minimum Gasteiger partial charge on any atom is -0.383 e. The van der Waals surface area contributed by atoms with Crippen molar-refractivity contribution in [3.8, 4) is 5.82 Å². The second-order valence-electron chi connectivity index (χ2n) is 6.68. The summed E-state index contributed by atoms with van der Waals surface area (Å²) in [5, 5.41) is 19.6. The molecule has 0 amide bonds. The Labute approximate surface area is 170 Å². The van der Waals surface area contributed by atoms with Gasteiger partial charge in [0.2, 0.25) is 0 Å². The highest BCUT2D eigenvalue weighted by molar-refractivity contribution is 6.32. The molecule has 8 heteroatoms. The third kappa shape index (κ3) is 4.54. The third-order valence-corrected chi connectivity index (χ3v) is 5.38. The van der Waals surface area contributed by atoms with E-state index in [1.807, 2.05) is 30.3 Å². The molecule has 1 aliphatic rings. The molecule has 2 N–H and O–H groups in total. The molecule has 0 saturated heterocycles. The summed E-state index contributed by atoms with van der Waals surface area (Å²) < 4.78 is 6.93. The van der Waals surface area contributed by atoms with Gasteiger partial charge in [-0.15, -0.1) is 11.6 Å². The number of allylic oxidation sites excluding steroid dienone is 4. The number of alkyl halides is 1. The SMILES string of the molecule is CCN(CCOC)C(=N)C(Cl)C(C1=CCCC=C1)c1cnn(-c2ccn[nH]2)c1. The van der Waals surface area contributed by atoms with Gasteiger partial charge in [-0.25, -0.2) is 4.68 Å². The molecule has 0 bridgehead atoms. The molecule has 0 spiro atoms. The van der Waals surface area contributed by atoms with Crippen LogP contribution in [0.3, 0.4) is 0 Å². The van der Waals surface area contributed by atoms with Gasteiger partial charge in [0, 0.05) is 43.9 Å². The molecular formula is C20H27ClN6O. The number of amidine groups is 1. The lowest BCUT2D eigenvalue weighted by Gasteiger charge is -2.31. The van der Waals surface area contributed by atoms with Gasteiger partial charge in [0.05, 0.1) is 19.0 Å². The predicted octanol–water partition coefficient (Wildman–Crippen LogP) is 3.51. The third-order valence-electron chi connectivity index (χ3n) is 4.92. The maximum Gasteiger partial charge on any atom is 0.149 e. The predicted molar refractivity (Wildman–Crippen MR) is 111 cm³/mol. The largest absolute Gasteiger partial charge is 0.383 e. The number of ether oxygens (including phenoxy) is 1. The summed E-state index contributed by atoms with van der Waals surface area (Å²) in [5.41, 5.74) is 2.10. The first kappa shape index (κ1) is 20.4. The van der Waals surface area contributed by atoms with Crippen LogP contribution in [0.15, 0.2) is 48.5 Å². The summed E-state index contributed by atoms with van der Waals surface area (Å²) in [4.78, 5) is 1.96. The number of H-pyrrole nitrogens is 1. The summed E-state index contributed by atoms with van der Waals surface area (Å²) in [6.45, 7) is 3.94. The number of likely N-dealkylation sites (N-methyl/N-ethyl adjacent to an activating group) is 1. The second kappa shape index (κ2) is 9.71. The molecule has 2 unspecified atom stereocenters. The van der Waals surface area contributed by atoms with E-state index >= 15 is 0 Å². The molecule has 1 aliphatic carbocycles. The van der Waals surface area contributed by atoms with Crippen LogP contribution >= 0.6 is 11.6 Å². The van der Waals surface area contributed by atoms with Crippen LogP contribution in [-0.2, 0) is 4.74 Å². The maximum atomic E-state index is 8.72. The van der Waals surface area contributed by atoms with E-state index in [2.05, 4.69) is 33.5 Å². The fourth-order valence-electron chi connectivity index (χ4n) is 3.38. The first-order valence-electron chi connectivity index (χ1n) is 9.53. The lowest BCUT2D eigenvalue weighted by atomic mass is 9.86. The first-order valence-corrected chi connectivity index (χ1v) is 9.96. The highest BCUT2D eigenvalue weighted by Crippen LogP contribution is 2.35. The highest BCUT2D eigenvalue weighted by Gasteiger charge is 2.31. The van der Waals surface area contributed by atoms with Gasteiger partial charge >= 0.3 is 0 Å². The van der Waals surface area contributed by atoms with Crippen molar-refractivity contribution in [3.05, 3.63) is 54.0 Å². The van der Waals surface area contributed by atoms with Crippen molar-refractivity contribution in [2.75, 3.05) is 26.8 Å². The van der Waals surface area contributed by atoms with E-state index in [9.17, 15) is 0 Å². The van der Waals surface area contributed by atoms with Crippen molar-refractivity contribution in [3.63, 3.8) is 0 Å². The average Bonchev–Trinajstić information content (AvgIpc) is 3.41. The number of nitrogens with zero attached hydrogens (tertiary/aromatic N) is 4. The highest BCUT2D eigenvalue weighted by atomic mass is 35.5. The number of aromatic amines is 1. The molecule has 0 aromatic carbocycles. The topological polar surface area (TPSA) is 82.8 Å². The van der Waals surface area contributed by atoms with E-state index in [-0.39, 0.29) is 5.92 Å². The van der Waals surface area contributed by atoms with Gasteiger partial charge in [-0.05, 0) is 25.3 Å².